The molecule has 1 aromatic carbocycles. The Morgan fingerprint density at radius 2 is 1.83 bits per heavy atom. The van der Waals surface area contributed by atoms with Crippen molar-refractivity contribution in [3.63, 3.8) is 0 Å². The van der Waals surface area contributed by atoms with Crippen LogP contribution in [0.15, 0.2) is 34.9 Å². The average molecular weight is 405 g/mol. The number of likely N-dealkylation sites (tertiary alicyclic amines) is 1. The molecule has 126 valence electrons. The Kier molecular flexibility index (Phi) is 4.45. The minimum absolute atomic E-state index is 0.790. The first-order chi connectivity index (χ1) is 11.6. The van der Waals surface area contributed by atoms with Gasteiger partial charge in [0.25, 0.3) is 0 Å². The molecule has 1 saturated heterocycles. The first kappa shape index (κ1) is 16.2. The molecule has 0 amide bonds. The lowest BCUT2D eigenvalue weighted by Crippen LogP contribution is -2.37. The summed E-state index contributed by atoms with van der Waals surface area (Å²) in [6.07, 6.45) is 3.56. The van der Waals surface area contributed by atoms with E-state index >= 15 is 0 Å². The van der Waals surface area contributed by atoms with Crippen molar-refractivity contribution in [3.8, 4) is 11.4 Å². The molecule has 3 heterocycles. The number of thiazole rings is 1. The third-order valence-electron chi connectivity index (χ3n) is 4.59. The summed E-state index contributed by atoms with van der Waals surface area (Å²) in [6.45, 7) is 8.13. The van der Waals surface area contributed by atoms with Crippen LogP contribution in [0.4, 0.5) is 0 Å². The first-order valence-electron chi connectivity index (χ1n) is 8.40. The fraction of sp³-hybridized carbons (Fsp3) is 0.444. The number of aromatic nitrogens is 3. The van der Waals surface area contributed by atoms with Crippen LogP contribution in [0.2, 0.25) is 0 Å². The lowest BCUT2D eigenvalue weighted by atomic mass is 9.92. The molecule has 6 heteroatoms. The zero-order valence-corrected chi connectivity index (χ0v) is 16.3. The summed E-state index contributed by atoms with van der Waals surface area (Å²) in [5.74, 6) is 2.50. The predicted octanol–water partition coefficient (Wildman–Crippen LogP) is 4.70. The zero-order valence-electron chi connectivity index (χ0n) is 13.9. The summed E-state index contributed by atoms with van der Waals surface area (Å²) in [7, 11) is 0. The lowest BCUT2D eigenvalue weighted by molar-refractivity contribution is 0.135. The van der Waals surface area contributed by atoms with Crippen molar-refractivity contribution in [2.45, 2.75) is 26.8 Å². The lowest BCUT2D eigenvalue weighted by Gasteiger charge is -2.34. The molecule has 1 aliphatic rings. The van der Waals surface area contributed by atoms with E-state index in [2.05, 4.69) is 67.6 Å². The topological polar surface area (TPSA) is 33.4 Å². The summed E-state index contributed by atoms with van der Waals surface area (Å²) < 4.78 is 3.20. The summed E-state index contributed by atoms with van der Waals surface area (Å²) in [6, 6.07) is 8.23. The second-order valence-electron chi connectivity index (χ2n) is 7.02. The van der Waals surface area contributed by atoms with Gasteiger partial charge >= 0.3 is 0 Å². The van der Waals surface area contributed by atoms with E-state index in [0.29, 0.717) is 0 Å². The molecular formula is C18H21BrN4S. The number of nitrogens with zero attached hydrogens (tertiary/aromatic N) is 4. The molecule has 0 saturated carbocycles. The number of fused-ring (bicyclic) bond motifs is 1. The fourth-order valence-electron chi connectivity index (χ4n) is 3.76. The van der Waals surface area contributed by atoms with Crippen molar-refractivity contribution in [1.29, 1.82) is 0 Å². The van der Waals surface area contributed by atoms with Crippen LogP contribution < -0.4 is 0 Å². The van der Waals surface area contributed by atoms with Crippen molar-refractivity contribution in [3.05, 3.63) is 39.8 Å². The van der Waals surface area contributed by atoms with Crippen molar-refractivity contribution in [2.24, 2.45) is 11.8 Å². The normalized spacial score (nSPS) is 22.3. The Morgan fingerprint density at radius 1 is 1.12 bits per heavy atom. The largest absolute Gasteiger partial charge is 0.298 e. The van der Waals surface area contributed by atoms with Crippen LogP contribution in [-0.4, -0.2) is 32.6 Å². The maximum atomic E-state index is 4.36. The SMILES string of the molecule is CC1CC(C)CN(Cc2cn3c(-c4ccc(Br)cc4)nnc3s2)C1. The number of rotatable bonds is 3. The Labute approximate surface area is 154 Å². The highest BCUT2D eigenvalue weighted by atomic mass is 79.9. The Balaban J connectivity index is 1.59. The Bertz CT molecular complexity index is 828. The molecule has 2 atom stereocenters. The molecule has 2 aromatic heterocycles. The molecule has 4 nitrogen and oxygen atoms in total. The zero-order chi connectivity index (χ0) is 16.7. The molecule has 0 aliphatic carbocycles. The van der Waals surface area contributed by atoms with Gasteiger partial charge < -0.3 is 0 Å². The quantitative estimate of drug-likeness (QED) is 0.634. The van der Waals surface area contributed by atoms with Gasteiger partial charge in [-0.2, -0.15) is 0 Å². The van der Waals surface area contributed by atoms with E-state index in [1.54, 1.807) is 11.3 Å². The Morgan fingerprint density at radius 3 is 2.54 bits per heavy atom. The highest BCUT2D eigenvalue weighted by Crippen LogP contribution is 2.28. The van der Waals surface area contributed by atoms with E-state index in [1.807, 2.05) is 12.1 Å². The average Bonchev–Trinajstić information content (AvgIpc) is 3.07. The van der Waals surface area contributed by atoms with Crippen LogP contribution in [0.1, 0.15) is 25.1 Å². The van der Waals surface area contributed by atoms with E-state index in [-0.39, 0.29) is 0 Å². The van der Waals surface area contributed by atoms with E-state index in [9.17, 15) is 0 Å². The van der Waals surface area contributed by atoms with Crippen molar-refractivity contribution in [1.82, 2.24) is 19.5 Å². The van der Waals surface area contributed by atoms with Crippen molar-refractivity contribution >= 4 is 32.2 Å². The van der Waals surface area contributed by atoms with E-state index in [4.69, 9.17) is 0 Å². The second kappa shape index (κ2) is 6.58. The number of halogens is 1. The Hall–Kier alpha value is -1.24. The molecular weight excluding hydrogens is 384 g/mol. The van der Waals surface area contributed by atoms with E-state index in [1.165, 1.54) is 24.4 Å². The predicted molar refractivity (Wildman–Crippen MR) is 102 cm³/mol. The van der Waals surface area contributed by atoms with Crippen LogP contribution in [-0.2, 0) is 6.54 Å². The van der Waals surface area contributed by atoms with E-state index in [0.717, 1.165) is 39.2 Å². The maximum Gasteiger partial charge on any atom is 0.216 e. The van der Waals surface area contributed by atoms with Crippen molar-refractivity contribution in [2.75, 3.05) is 13.1 Å². The van der Waals surface area contributed by atoms with Crippen LogP contribution in [0, 0.1) is 11.8 Å². The third kappa shape index (κ3) is 3.27. The second-order valence-corrected chi connectivity index (χ2v) is 9.03. The molecule has 4 rings (SSSR count). The van der Waals surface area contributed by atoms with Crippen LogP contribution in [0.5, 0.6) is 0 Å². The molecule has 0 spiro atoms. The number of hydrogen-bond acceptors (Lipinski definition) is 4. The van der Waals surface area contributed by atoms with Crippen LogP contribution in [0.3, 0.4) is 0 Å². The number of piperidine rings is 1. The highest BCUT2D eigenvalue weighted by Gasteiger charge is 2.22. The molecule has 0 bridgehead atoms. The number of benzene rings is 1. The van der Waals surface area contributed by atoms with Gasteiger partial charge in [0, 0.05) is 40.7 Å². The van der Waals surface area contributed by atoms with Gasteiger partial charge in [0.2, 0.25) is 4.96 Å². The summed E-state index contributed by atoms with van der Waals surface area (Å²) >= 11 is 5.23. The maximum absolute atomic E-state index is 4.36. The summed E-state index contributed by atoms with van der Waals surface area (Å²) in [5.41, 5.74) is 1.09. The minimum atomic E-state index is 0.790. The smallest absolute Gasteiger partial charge is 0.216 e. The van der Waals surface area contributed by atoms with Crippen LogP contribution in [0.25, 0.3) is 16.3 Å². The fourth-order valence-corrected chi connectivity index (χ4v) is 4.98. The molecule has 24 heavy (non-hydrogen) atoms. The van der Waals surface area contributed by atoms with Crippen molar-refractivity contribution < 1.29 is 0 Å². The molecule has 0 N–H and O–H groups in total. The van der Waals surface area contributed by atoms with Gasteiger partial charge in [-0.3, -0.25) is 9.30 Å². The molecule has 0 radical (unpaired) electrons. The number of hydrogen-bond donors (Lipinski definition) is 0. The third-order valence-corrected chi connectivity index (χ3v) is 6.07. The summed E-state index contributed by atoms with van der Waals surface area (Å²) in [5, 5.41) is 8.72. The van der Waals surface area contributed by atoms with E-state index < -0.39 is 0 Å². The first-order valence-corrected chi connectivity index (χ1v) is 10.0. The summed E-state index contributed by atoms with van der Waals surface area (Å²) in [4.78, 5) is 4.91. The molecule has 1 fully saturated rings. The van der Waals surface area contributed by atoms with Gasteiger partial charge in [-0.1, -0.05) is 53.2 Å². The van der Waals surface area contributed by atoms with Crippen LogP contribution >= 0.6 is 27.3 Å². The minimum Gasteiger partial charge on any atom is -0.298 e. The van der Waals surface area contributed by atoms with Gasteiger partial charge in [-0.25, -0.2) is 0 Å². The van der Waals surface area contributed by atoms with Gasteiger partial charge in [-0.15, -0.1) is 10.2 Å². The standard InChI is InChI=1S/C18H21BrN4S/c1-12-7-13(2)9-22(8-12)10-16-11-23-17(20-21-18(23)24-16)14-3-5-15(19)6-4-14/h3-6,11-13H,7-10H2,1-2H3. The molecule has 2 unspecified atom stereocenters. The van der Waals surface area contributed by atoms with Gasteiger partial charge in [0.05, 0.1) is 0 Å². The highest BCUT2D eigenvalue weighted by molar-refractivity contribution is 9.10. The van der Waals surface area contributed by atoms with Gasteiger partial charge in [0.1, 0.15) is 0 Å². The molecule has 3 aromatic rings. The van der Waals surface area contributed by atoms with Gasteiger partial charge in [0.15, 0.2) is 5.82 Å². The monoisotopic (exact) mass is 404 g/mol. The van der Waals surface area contributed by atoms with Gasteiger partial charge in [-0.05, 0) is 30.4 Å². The molecule has 1 aliphatic heterocycles.